The molecule has 0 atom stereocenters. The zero-order valence-electron chi connectivity index (χ0n) is 10.6. The Bertz CT molecular complexity index is 563. The van der Waals surface area contributed by atoms with Gasteiger partial charge in [0.2, 0.25) is 10.0 Å². The van der Waals surface area contributed by atoms with Crippen molar-refractivity contribution in [3.05, 3.63) is 11.1 Å². The van der Waals surface area contributed by atoms with E-state index in [9.17, 15) is 21.6 Å². The van der Waals surface area contributed by atoms with E-state index in [1.807, 2.05) is 0 Å². The van der Waals surface area contributed by atoms with Gasteiger partial charge < -0.3 is 4.90 Å². The van der Waals surface area contributed by atoms with E-state index in [0.717, 1.165) is 23.0 Å². The molecule has 1 fully saturated rings. The van der Waals surface area contributed by atoms with E-state index < -0.39 is 21.9 Å². The number of nitrogens with zero attached hydrogens (tertiary/aromatic N) is 2. The van der Waals surface area contributed by atoms with Crippen molar-refractivity contribution in [2.75, 3.05) is 24.2 Å². The second-order valence-electron chi connectivity index (χ2n) is 4.66. The molecule has 10 heteroatoms. The first-order valence-electron chi connectivity index (χ1n) is 5.90. The summed E-state index contributed by atoms with van der Waals surface area (Å²) in [7, 11) is -3.25. The lowest BCUT2D eigenvalue weighted by molar-refractivity contribution is -0.140. The number of sulfonamides is 1. The lowest BCUT2D eigenvalue weighted by Crippen LogP contribution is -2.44. The molecule has 0 spiro atoms. The van der Waals surface area contributed by atoms with Gasteiger partial charge in [0.1, 0.15) is 0 Å². The summed E-state index contributed by atoms with van der Waals surface area (Å²) in [6, 6.07) is -0.164. The molecule has 1 aliphatic heterocycles. The molecule has 0 aromatic carbocycles. The first kappa shape index (κ1) is 15.5. The normalized spacial score (nSPS) is 18.5. The first-order chi connectivity index (χ1) is 9.15. The van der Waals surface area contributed by atoms with E-state index in [2.05, 4.69) is 9.71 Å². The zero-order valence-corrected chi connectivity index (χ0v) is 12.3. The molecule has 20 heavy (non-hydrogen) atoms. The highest BCUT2D eigenvalue weighted by atomic mass is 32.2. The predicted octanol–water partition coefficient (Wildman–Crippen LogP) is 1.68. The quantitative estimate of drug-likeness (QED) is 0.916. The molecule has 114 valence electrons. The number of alkyl halides is 3. The van der Waals surface area contributed by atoms with Gasteiger partial charge in [0.15, 0.2) is 10.8 Å². The van der Waals surface area contributed by atoms with Crippen molar-refractivity contribution >= 4 is 26.5 Å². The molecule has 0 amide bonds. The second-order valence-corrected chi connectivity index (χ2v) is 7.28. The van der Waals surface area contributed by atoms with Crippen molar-refractivity contribution in [3.8, 4) is 0 Å². The van der Waals surface area contributed by atoms with Crippen LogP contribution in [0.4, 0.5) is 18.3 Å². The van der Waals surface area contributed by atoms with Gasteiger partial charge >= 0.3 is 6.18 Å². The Morgan fingerprint density at radius 2 is 2.00 bits per heavy atom. The van der Waals surface area contributed by atoms with Crippen LogP contribution in [0.5, 0.6) is 0 Å². The van der Waals surface area contributed by atoms with Crippen molar-refractivity contribution in [3.63, 3.8) is 0 Å². The van der Waals surface area contributed by atoms with Crippen LogP contribution in [0.25, 0.3) is 0 Å². The third kappa shape index (κ3) is 4.06. The number of hydrogen-bond donors (Lipinski definition) is 1. The average molecular weight is 329 g/mol. The molecular formula is C10H14F3N3O2S2. The molecule has 0 unspecified atom stereocenters. The van der Waals surface area contributed by atoms with Crippen LogP contribution in [0.15, 0.2) is 5.38 Å². The Balaban J connectivity index is 1.96. The fraction of sp³-hybridized carbons (Fsp3) is 0.700. The standard InChI is InChI=1S/C10H14F3N3O2S2/c1-20(17,18)15-7-2-4-16(5-3-7)9-14-8(6-19-9)10(11,12)13/h6-7,15H,2-5H2,1H3. The minimum Gasteiger partial charge on any atom is -0.348 e. The molecule has 2 rings (SSSR count). The predicted molar refractivity (Wildman–Crippen MR) is 70.3 cm³/mol. The van der Waals surface area contributed by atoms with Gasteiger partial charge in [-0.15, -0.1) is 11.3 Å². The van der Waals surface area contributed by atoms with Gasteiger partial charge in [-0.25, -0.2) is 18.1 Å². The molecule has 1 N–H and O–H groups in total. The van der Waals surface area contributed by atoms with Gasteiger partial charge in [-0.3, -0.25) is 0 Å². The first-order valence-corrected chi connectivity index (χ1v) is 8.67. The van der Waals surface area contributed by atoms with E-state index in [1.165, 1.54) is 0 Å². The van der Waals surface area contributed by atoms with Crippen LogP contribution in [0.2, 0.25) is 0 Å². The van der Waals surface area contributed by atoms with Crippen LogP contribution in [0, 0.1) is 0 Å². The number of piperidine rings is 1. The minimum absolute atomic E-state index is 0.164. The molecule has 1 aromatic heterocycles. The average Bonchev–Trinajstić information content (AvgIpc) is 2.76. The number of halogens is 3. The monoisotopic (exact) mass is 329 g/mol. The van der Waals surface area contributed by atoms with Crippen molar-refractivity contribution in [2.24, 2.45) is 0 Å². The third-order valence-corrected chi connectivity index (χ3v) is 4.59. The van der Waals surface area contributed by atoms with E-state index >= 15 is 0 Å². The van der Waals surface area contributed by atoms with Crippen molar-refractivity contribution in [1.82, 2.24) is 9.71 Å². The summed E-state index contributed by atoms with van der Waals surface area (Å²) in [4.78, 5) is 5.34. The Kier molecular flexibility index (Phi) is 4.26. The summed E-state index contributed by atoms with van der Waals surface area (Å²) >= 11 is 0.953. The van der Waals surface area contributed by atoms with Crippen LogP contribution < -0.4 is 9.62 Å². The highest BCUT2D eigenvalue weighted by Gasteiger charge is 2.34. The van der Waals surface area contributed by atoms with Gasteiger partial charge in [0.25, 0.3) is 0 Å². The molecule has 0 aliphatic carbocycles. The Hall–Kier alpha value is -0.870. The number of hydrogen-bond acceptors (Lipinski definition) is 5. The maximum atomic E-state index is 12.5. The molecule has 1 saturated heterocycles. The molecule has 0 radical (unpaired) electrons. The summed E-state index contributed by atoms with van der Waals surface area (Å²) in [6.07, 6.45) is -2.23. The summed E-state index contributed by atoms with van der Waals surface area (Å²) in [5, 5.41) is 1.33. The summed E-state index contributed by atoms with van der Waals surface area (Å²) in [5.41, 5.74) is -0.881. The second kappa shape index (κ2) is 5.49. The van der Waals surface area contributed by atoms with Crippen molar-refractivity contribution in [1.29, 1.82) is 0 Å². The summed E-state index contributed by atoms with van der Waals surface area (Å²) < 4.78 is 62.1. The van der Waals surface area contributed by atoms with Crippen LogP contribution in [-0.4, -0.2) is 38.8 Å². The minimum atomic E-state index is -4.43. The van der Waals surface area contributed by atoms with Crippen LogP contribution in [0.1, 0.15) is 18.5 Å². The van der Waals surface area contributed by atoms with E-state index in [0.29, 0.717) is 31.1 Å². The molecule has 1 aliphatic rings. The van der Waals surface area contributed by atoms with Gasteiger partial charge in [-0.1, -0.05) is 0 Å². The largest absolute Gasteiger partial charge is 0.434 e. The topological polar surface area (TPSA) is 62.3 Å². The molecule has 1 aromatic rings. The maximum Gasteiger partial charge on any atom is 0.434 e. The van der Waals surface area contributed by atoms with Gasteiger partial charge in [-0.2, -0.15) is 13.2 Å². The van der Waals surface area contributed by atoms with Gasteiger partial charge in [-0.05, 0) is 12.8 Å². The number of anilines is 1. The SMILES string of the molecule is CS(=O)(=O)NC1CCN(c2nc(C(F)(F)F)cs2)CC1. The number of nitrogens with one attached hydrogen (secondary N) is 1. The highest BCUT2D eigenvalue weighted by molar-refractivity contribution is 7.88. The highest BCUT2D eigenvalue weighted by Crippen LogP contribution is 2.33. The van der Waals surface area contributed by atoms with Gasteiger partial charge in [0.05, 0.1) is 6.26 Å². The number of rotatable bonds is 3. The Morgan fingerprint density at radius 3 is 2.45 bits per heavy atom. The number of thiazole rings is 1. The van der Waals surface area contributed by atoms with E-state index in [-0.39, 0.29) is 6.04 Å². The molecule has 0 bridgehead atoms. The van der Waals surface area contributed by atoms with Crippen LogP contribution in [-0.2, 0) is 16.2 Å². The molecule has 0 saturated carbocycles. The Morgan fingerprint density at radius 1 is 1.40 bits per heavy atom. The third-order valence-electron chi connectivity index (χ3n) is 2.93. The van der Waals surface area contributed by atoms with E-state index in [4.69, 9.17) is 0 Å². The van der Waals surface area contributed by atoms with Crippen LogP contribution >= 0.6 is 11.3 Å². The van der Waals surface area contributed by atoms with Crippen LogP contribution in [0.3, 0.4) is 0 Å². The molecule has 2 heterocycles. The van der Waals surface area contributed by atoms with Crippen molar-refractivity contribution < 1.29 is 21.6 Å². The maximum absolute atomic E-state index is 12.5. The smallest absolute Gasteiger partial charge is 0.348 e. The summed E-state index contributed by atoms with van der Waals surface area (Å²) in [5.74, 6) is 0. The fourth-order valence-electron chi connectivity index (χ4n) is 2.03. The molecule has 5 nitrogen and oxygen atoms in total. The molecular weight excluding hydrogens is 315 g/mol. The van der Waals surface area contributed by atoms with E-state index in [1.54, 1.807) is 4.90 Å². The lowest BCUT2D eigenvalue weighted by atomic mass is 10.1. The lowest BCUT2D eigenvalue weighted by Gasteiger charge is -2.31. The number of aromatic nitrogens is 1. The van der Waals surface area contributed by atoms with Gasteiger partial charge in [0, 0.05) is 24.5 Å². The fourth-order valence-corrected chi connectivity index (χ4v) is 3.76. The van der Waals surface area contributed by atoms with Crippen molar-refractivity contribution in [2.45, 2.75) is 25.1 Å². The zero-order chi connectivity index (χ0) is 15.0. The summed E-state index contributed by atoms with van der Waals surface area (Å²) in [6.45, 7) is 0.968. The Labute approximate surface area is 118 Å².